The highest BCUT2D eigenvalue weighted by atomic mass is 35.5. The minimum Gasteiger partial charge on any atom is -0.337 e. The fourth-order valence-electron chi connectivity index (χ4n) is 4.60. The highest BCUT2D eigenvalue weighted by Gasteiger charge is 2.20. The Kier molecular flexibility index (Phi) is 7.56. The van der Waals surface area contributed by atoms with Crippen molar-refractivity contribution < 1.29 is 13.6 Å². The largest absolute Gasteiger partial charge is 0.337 e. The van der Waals surface area contributed by atoms with Crippen molar-refractivity contribution >= 4 is 57.2 Å². The van der Waals surface area contributed by atoms with Crippen LogP contribution in [-0.4, -0.2) is 40.4 Å². The van der Waals surface area contributed by atoms with Crippen molar-refractivity contribution in [2.75, 3.05) is 24.2 Å². The molecule has 38 heavy (non-hydrogen) atoms. The third-order valence-corrected chi connectivity index (χ3v) is 7.09. The van der Waals surface area contributed by atoms with Gasteiger partial charge in [0.1, 0.15) is 23.0 Å². The zero-order chi connectivity index (χ0) is 26.8. The molecule has 2 N–H and O–H groups in total. The number of nitrogens with zero attached hydrogens (tertiary/aromatic N) is 3. The number of likely N-dealkylation sites (tertiary alicyclic amines) is 1. The van der Waals surface area contributed by atoms with Crippen molar-refractivity contribution in [2.45, 2.75) is 18.9 Å². The lowest BCUT2D eigenvalue weighted by Gasteiger charge is -2.17. The van der Waals surface area contributed by atoms with Gasteiger partial charge in [0.2, 0.25) is 5.91 Å². The molecule has 0 radical (unpaired) electrons. The summed E-state index contributed by atoms with van der Waals surface area (Å²) in [6, 6.07) is 13.1. The number of halogens is 4. The number of hydrogen-bond acceptors (Lipinski definition) is 5. The number of amides is 1. The van der Waals surface area contributed by atoms with Crippen LogP contribution in [0, 0.1) is 11.6 Å². The van der Waals surface area contributed by atoms with Gasteiger partial charge in [-0.2, -0.15) is 0 Å². The highest BCUT2D eigenvalue weighted by molar-refractivity contribution is 6.31. The van der Waals surface area contributed by atoms with Crippen LogP contribution in [0.1, 0.15) is 12.8 Å². The number of fused-ring (bicyclic) bond motifs is 1. The molecule has 2 heterocycles. The van der Waals surface area contributed by atoms with Crippen LogP contribution >= 0.6 is 23.2 Å². The van der Waals surface area contributed by atoms with E-state index in [1.54, 1.807) is 30.3 Å². The molecule has 1 fully saturated rings. The van der Waals surface area contributed by atoms with E-state index in [2.05, 4.69) is 25.5 Å². The molecule has 194 valence electrons. The quantitative estimate of drug-likeness (QED) is 0.195. The molecule has 6 nitrogen and oxygen atoms in total. The third-order valence-electron chi connectivity index (χ3n) is 6.51. The Morgan fingerprint density at radius 2 is 1.92 bits per heavy atom. The van der Waals surface area contributed by atoms with Crippen LogP contribution < -0.4 is 10.6 Å². The Hall–Kier alpha value is -3.59. The number of benzene rings is 3. The predicted octanol–water partition coefficient (Wildman–Crippen LogP) is 7.21. The van der Waals surface area contributed by atoms with Gasteiger partial charge in [0, 0.05) is 28.4 Å². The van der Waals surface area contributed by atoms with E-state index in [-0.39, 0.29) is 23.5 Å². The van der Waals surface area contributed by atoms with E-state index in [0.29, 0.717) is 32.7 Å². The molecule has 4 aromatic rings. The highest BCUT2D eigenvalue weighted by Crippen LogP contribution is 2.40. The molecule has 0 aliphatic carbocycles. The van der Waals surface area contributed by atoms with Gasteiger partial charge in [-0.1, -0.05) is 41.4 Å². The average molecular weight is 554 g/mol. The lowest BCUT2D eigenvalue weighted by atomic mass is 9.98. The Bertz CT molecular complexity index is 1560. The van der Waals surface area contributed by atoms with Gasteiger partial charge in [-0.25, -0.2) is 18.7 Å². The van der Waals surface area contributed by atoms with Gasteiger partial charge in [0.25, 0.3) is 0 Å². The zero-order valence-corrected chi connectivity index (χ0v) is 21.8. The Morgan fingerprint density at radius 1 is 1.11 bits per heavy atom. The number of likely N-dealkylation sites (N-methyl/N-ethyl adjacent to an activating group) is 1. The maximum absolute atomic E-state index is 14.8. The van der Waals surface area contributed by atoms with Crippen molar-refractivity contribution in [3.8, 4) is 11.1 Å². The summed E-state index contributed by atoms with van der Waals surface area (Å²) in [7, 11) is 2.03. The number of nitrogens with one attached hydrogen (secondary N) is 2. The molecule has 1 aromatic heterocycles. The molecular weight excluding hydrogens is 531 g/mol. The summed E-state index contributed by atoms with van der Waals surface area (Å²) in [6.07, 6.45) is 6.86. The van der Waals surface area contributed by atoms with Crippen LogP contribution in [-0.2, 0) is 4.79 Å². The first kappa shape index (κ1) is 26.0. The second-order valence-electron chi connectivity index (χ2n) is 9.00. The number of aromatic nitrogens is 2. The van der Waals surface area contributed by atoms with E-state index >= 15 is 0 Å². The fourth-order valence-corrected chi connectivity index (χ4v) is 4.95. The number of carbonyl (C=O) groups is 1. The van der Waals surface area contributed by atoms with Gasteiger partial charge in [0.05, 0.1) is 16.6 Å². The van der Waals surface area contributed by atoms with E-state index in [1.165, 1.54) is 18.5 Å². The summed E-state index contributed by atoms with van der Waals surface area (Å²) in [5.74, 6) is -1.88. The summed E-state index contributed by atoms with van der Waals surface area (Å²) < 4.78 is 28.5. The summed E-state index contributed by atoms with van der Waals surface area (Å²) in [6.45, 7) is 0.996. The Morgan fingerprint density at radius 3 is 2.68 bits per heavy atom. The number of hydrogen-bond donors (Lipinski definition) is 2. The van der Waals surface area contributed by atoms with Gasteiger partial charge in [-0.3, -0.25) is 9.69 Å². The van der Waals surface area contributed by atoms with E-state index < -0.39 is 16.7 Å². The van der Waals surface area contributed by atoms with Crippen LogP contribution in [0.2, 0.25) is 10.0 Å². The molecule has 1 amide bonds. The van der Waals surface area contributed by atoms with Gasteiger partial charge >= 0.3 is 0 Å². The topological polar surface area (TPSA) is 70.2 Å². The first-order valence-electron chi connectivity index (χ1n) is 12.0. The normalized spacial score (nSPS) is 15.9. The van der Waals surface area contributed by atoms with Crippen LogP contribution in [0.25, 0.3) is 22.0 Å². The molecule has 5 rings (SSSR count). The lowest BCUT2D eigenvalue weighted by molar-refractivity contribution is -0.111. The first-order valence-corrected chi connectivity index (χ1v) is 12.7. The SMILES string of the molecule is CN1CCCC1C=CC(=O)Nc1ccc2ncnc(Nc3ccc(F)c(Cl)c3F)c2c1-c1cccc(Cl)c1. The molecular formula is C28H23Cl2F2N5O. The van der Waals surface area contributed by atoms with Crippen molar-refractivity contribution in [1.82, 2.24) is 14.9 Å². The Labute approximate surface area is 228 Å². The standard InChI is InChI=1S/C28H23Cl2F2N5O/c1-37-13-3-6-18(37)7-12-23(38)35-21-11-10-20-25(24(21)16-4-2-5-17(29)14-16)28(34-15-33-20)36-22-9-8-19(31)26(30)27(22)32/h2,4-5,7-12,14-15,18H,3,6,13H2,1H3,(H,35,38)(H,33,34,36). The maximum atomic E-state index is 14.8. The molecule has 1 saturated heterocycles. The summed E-state index contributed by atoms with van der Waals surface area (Å²) in [5, 5.41) is 6.24. The minimum absolute atomic E-state index is 0.0634. The molecule has 0 spiro atoms. The summed E-state index contributed by atoms with van der Waals surface area (Å²) in [4.78, 5) is 23.9. The number of anilines is 3. The van der Waals surface area contributed by atoms with Crippen molar-refractivity contribution in [3.63, 3.8) is 0 Å². The van der Waals surface area contributed by atoms with Crippen molar-refractivity contribution in [3.05, 3.63) is 88.7 Å². The van der Waals surface area contributed by atoms with Crippen LogP contribution in [0.15, 0.2) is 67.0 Å². The van der Waals surface area contributed by atoms with E-state index in [1.807, 2.05) is 19.2 Å². The van der Waals surface area contributed by atoms with Crippen molar-refractivity contribution in [2.24, 2.45) is 0 Å². The number of carbonyl (C=O) groups excluding carboxylic acids is 1. The second-order valence-corrected chi connectivity index (χ2v) is 9.82. The van der Waals surface area contributed by atoms with Crippen LogP contribution in [0.5, 0.6) is 0 Å². The molecule has 0 bridgehead atoms. The third kappa shape index (κ3) is 5.34. The van der Waals surface area contributed by atoms with E-state index in [0.717, 1.165) is 25.5 Å². The summed E-state index contributed by atoms with van der Waals surface area (Å²) >= 11 is 12.1. The summed E-state index contributed by atoms with van der Waals surface area (Å²) in [5.41, 5.74) is 2.23. The first-order chi connectivity index (χ1) is 18.3. The molecule has 1 unspecified atom stereocenters. The van der Waals surface area contributed by atoms with E-state index in [4.69, 9.17) is 23.2 Å². The fraction of sp³-hybridized carbons (Fsp3) is 0.179. The minimum atomic E-state index is -0.950. The van der Waals surface area contributed by atoms with Crippen molar-refractivity contribution in [1.29, 1.82) is 0 Å². The predicted molar refractivity (Wildman–Crippen MR) is 148 cm³/mol. The maximum Gasteiger partial charge on any atom is 0.248 e. The number of rotatable bonds is 6. The van der Waals surface area contributed by atoms with Gasteiger partial charge in [-0.05, 0) is 68.4 Å². The molecule has 1 aliphatic rings. The molecule has 1 atom stereocenters. The molecule has 0 saturated carbocycles. The van der Waals surface area contributed by atoms with Gasteiger partial charge in [0.15, 0.2) is 5.82 Å². The molecule has 3 aromatic carbocycles. The average Bonchev–Trinajstić information content (AvgIpc) is 3.32. The van der Waals surface area contributed by atoms with Gasteiger partial charge < -0.3 is 10.6 Å². The Balaban J connectivity index is 1.61. The monoisotopic (exact) mass is 553 g/mol. The zero-order valence-electron chi connectivity index (χ0n) is 20.3. The molecule has 1 aliphatic heterocycles. The van der Waals surface area contributed by atoms with Crippen LogP contribution in [0.4, 0.5) is 26.0 Å². The van der Waals surface area contributed by atoms with E-state index in [9.17, 15) is 13.6 Å². The lowest BCUT2D eigenvalue weighted by Crippen LogP contribution is -2.23. The van der Waals surface area contributed by atoms with Crippen LogP contribution in [0.3, 0.4) is 0 Å². The second kappa shape index (κ2) is 11.0. The molecule has 10 heteroatoms. The van der Waals surface area contributed by atoms with Gasteiger partial charge in [-0.15, -0.1) is 0 Å². The smallest absolute Gasteiger partial charge is 0.248 e.